The minimum atomic E-state index is -4.31. The monoisotopic (exact) mass is 289 g/mol. The van der Waals surface area contributed by atoms with Crippen molar-refractivity contribution in [1.29, 1.82) is 0 Å². The first-order valence-corrected chi connectivity index (χ1v) is 5.83. The number of hydrogen-bond donors (Lipinski definition) is 1. The third-order valence-corrected chi connectivity index (χ3v) is 2.68. The quantitative estimate of drug-likeness (QED) is 0.506. The number of thioether (sulfide) groups is 1. The molecule has 0 heterocycles. The molecule has 0 aliphatic carbocycles. The Morgan fingerprint density at radius 1 is 1.00 bits per heavy atom. The van der Waals surface area contributed by atoms with Crippen molar-refractivity contribution in [2.24, 2.45) is 0 Å². The first-order chi connectivity index (χ1) is 8.29. The van der Waals surface area contributed by atoms with Gasteiger partial charge in [0.2, 0.25) is 0 Å². The fourth-order valence-electron chi connectivity index (χ4n) is 1.16. The van der Waals surface area contributed by atoms with Gasteiger partial charge in [0.25, 0.3) is 0 Å². The van der Waals surface area contributed by atoms with Crippen LogP contribution in [0.4, 0.5) is 26.3 Å². The summed E-state index contributed by atoms with van der Waals surface area (Å²) in [5.74, 6) is -3.68. The summed E-state index contributed by atoms with van der Waals surface area (Å²) in [6.45, 7) is -0.190. The fraction of sp³-hybridized carbons (Fsp3) is 0.400. The zero-order valence-electron chi connectivity index (χ0n) is 8.95. The van der Waals surface area contributed by atoms with Crippen molar-refractivity contribution in [3.05, 3.63) is 35.1 Å². The maximum Gasteiger partial charge on any atom is 0.441 e. The SMILES string of the molecule is Fc1cc(F)c(CNCCSC(F)(F)F)cc1F. The van der Waals surface area contributed by atoms with Gasteiger partial charge in [-0.05, 0) is 17.8 Å². The van der Waals surface area contributed by atoms with Crippen molar-refractivity contribution in [2.45, 2.75) is 12.1 Å². The molecule has 0 aliphatic rings. The number of nitrogens with one attached hydrogen (secondary N) is 1. The third kappa shape index (κ3) is 5.18. The lowest BCUT2D eigenvalue weighted by molar-refractivity contribution is -0.0327. The van der Waals surface area contributed by atoms with Gasteiger partial charge in [-0.1, -0.05) is 0 Å². The largest absolute Gasteiger partial charge is 0.441 e. The molecule has 0 radical (unpaired) electrons. The van der Waals surface area contributed by atoms with Gasteiger partial charge in [-0.2, -0.15) is 13.2 Å². The molecule has 18 heavy (non-hydrogen) atoms. The topological polar surface area (TPSA) is 12.0 Å². The maximum absolute atomic E-state index is 13.1. The van der Waals surface area contributed by atoms with Crippen molar-refractivity contribution >= 4 is 11.8 Å². The molecule has 8 heteroatoms. The van der Waals surface area contributed by atoms with E-state index in [1.807, 2.05) is 0 Å². The van der Waals surface area contributed by atoms with Crippen LogP contribution < -0.4 is 5.32 Å². The molecule has 0 aromatic heterocycles. The minimum absolute atomic E-state index is 0.0252. The van der Waals surface area contributed by atoms with E-state index in [0.717, 1.165) is 0 Å². The molecule has 0 bridgehead atoms. The maximum atomic E-state index is 13.1. The molecule has 1 aromatic carbocycles. The van der Waals surface area contributed by atoms with Gasteiger partial charge in [-0.25, -0.2) is 13.2 Å². The molecule has 1 nitrogen and oxygen atoms in total. The molecular weight excluding hydrogens is 280 g/mol. The van der Waals surface area contributed by atoms with Crippen molar-refractivity contribution in [1.82, 2.24) is 5.32 Å². The van der Waals surface area contributed by atoms with E-state index in [1.165, 1.54) is 0 Å². The van der Waals surface area contributed by atoms with Crippen LogP contribution in [0, 0.1) is 17.5 Å². The summed E-state index contributed by atoms with van der Waals surface area (Å²) in [7, 11) is 0. The predicted molar refractivity (Wildman–Crippen MR) is 56.5 cm³/mol. The molecule has 0 fully saturated rings. The summed E-state index contributed by atoms with van der Waals surface area (Å²) >= 11 is -0.212. The Labute approximate surface area is 104 Å². The highest BCUT2D eigenvalue weighted by Crippen LogP contribution is 2.29. The predicted octanol–water partition coefficient (Wildman–Crippen LogP) is 3.45. The molecule has 0 amide bonds. The Morgan fingerprint density at radius 3 is 2.22 bits per heavy atom. The average molecular weight is 289 g/mol. The minimum Gasteiger partial charge on any atom is -0.312 e. The second-order valence-corrected chi connectivity index (χ2v) is 4.49. The first kappa shape index (κ1) is 15.2. The molecule has 1 aromatic rings. The highest BCUT2D eigenvalue weighted by Gasteiger charge is 2.27. The molecule has 0 saturated heterocycles. The van der Waals surface area contributed by atoms with Crippen LogP contribution in [-0.4, -0.2) is 17.8 Å². The summed E-state index contributed by atoms with van der Waals surface area (Å²) < 4.78 is 73.7. The smallest absolute Gasteiger partial charge is 0.312 e. The van der Waals surface area contributed by atoms with E-state index in [1.54, 1.807) is 0 Å². The number of benzene rings is 1. The lowest BCUT2D eigenvalue weighted by Gasteiger charge is -2.08. The standard InChI is InChI=1S/C10H9F6NS/c11-7-4-9(13)8(12)3-6(7)5-17-1-2-18-10(14,15)16/h3-4,17H,1-2,5H2. The van der Waals surface area contributed by atoms with Crippen molar-refractivity contribution in [3.63, 3.8) is 0 Å². The van der Waals surface area contributed by atoms with Crippen LogP contribution in [0.1, 0.15) is 5.56 Å². The average Bonchev–Trinajstić information content (AvgIpc) is 2.23. The van der Waals surface area contributed by atoms with Gasteiger partial charge in [0.05, 0.1) is 0 Å². The van der Waals surface area contributed by atoms with E-state index >= 15 is 0 Å². The van der Waals surface area contributed by atoms with Crippen LogP contribution in [0.25, 0.3) is 0 Å². The zero-order valence-corrected chi connectivity index (χ0v) is 9.77. The van der Waals surface area contributed by atoms with Crippen molar-refractivity contribution < 1.29 is 26.3 Å². The van der Waals surface area contributed by atoms with E-state index < -0.39 is 23.0 Å². The highest BCUT2D eigenvalue weighted by atomic mass is 32.2. The van der Waals surface area contributed by atoms with Crippen LogP contribution in [0.15, 0.2) is 12.1 Å². The number of hydrogen-bond acceptors (Lipinski definition) is 2. The van der Waals surface area contributed by atoms with Gasteiger partial charge in [0.15, 0.2) is 11.6 Å². The van der Waals surface area contributed by atoms with E-state index in [4.69, 9.17) is 0 Å². The highest BCUT2D eigenvalue weighted by molar-refractivity contribution is 8.00. The van der Waals surface area contributed by atoms with Crippen molar-refractivity contribution in [3.8, 4) is 0 Å². The molecule has 1 rings (SSSR count). The van der Waals surface area contributed by atoms with Crippen LogP contribution in [0.5, 0.6) is 0 Å². The van der Waals surface area contributed by atoms with Gasteiger partial charge >= 0.3 is 5.51 Å². The van der Waals surface area contributed by atoms with Crippen molar-refractivity contribution in [2.75, 3.05) is 12.3 Å². The third-order valence-electron chi connectivity index (χ3n) is 1.95. The van der Waals surface area contributed by atoms with E-state index in [2.05, 4.69) is 5.32 Å². The number of alkyl halides is 3. The molecule has 0 saturated carbocycles. The Hall–Kier alpha value is -0.890. The first-order valence-electron chi connectivity index (χ1n) is 4.84. The summed E-state index contributed by atoms with van der Waals surface area (Å²) in [6, 6.07) is 1.07. The molecule has 102 valence electrons. The van der Waals surface area contributed by atoms with Gasteiger partial charge in [0.1, 0.15) is 5.82 Å². The molecule has 1 N–H and O–H groups in total. The van der Waals surface area contributed by atoms with Crippen LogP contribution in [0.3, 0.4) is 0 Å². The van der Waals surface area contributed by atoms with Crippen LogP contribution >= 0.6 is 11.8 Å². The zero-order chi connectivity index (χ0) is 13.8. The Balaban J connectivity index is 2.38. The Morgan fingerprint density at radius 2 is 1.61 bits per heavy atom. The molecule has 0 atom stereocenters. The normalized spacial score (nSPS) is 11.9. The summed E-state index contributed by atoms with van der Waals surface area (Å²) in [5.41, 5.74) is -4.44. The summed E-state index contributed by atoms with van der Waals surface area (Å²) in [5, 5.41) is 2.51. The Bertz CT molecular complexity index is 406. The second-order valence-electron chi connectivity index (χ2n) is 3.33. The van der Waals surface area contributed by atoms with Crippen LogP contribution in [-0.2, 0) is 6.54 Å². The van der Waals surface area contributed by atoms with Crippen LogP contribution in [0.2, 0.25) is 0 Å². The lowest BCUT2D eigenvalue weighted by atomic mass is 10.2. The number of rotatable bonds is 5. The summed E-state index contributed by atoms with van der Waals surface area (Å²) in [6.07, 6.45) is 0. The molecule has 0 spiro atoms. The van der Waals surface area contributed by atoms with Gasteiger partial charge in [0, 0.05) is 30.5 Å². The van der Waals surface area contributed by atoms with Gasteiger partial charge < -0.3 is 5.32 Å². The lowest BCUT2D eigenvalue weighted by Crippen LogP contribution is -2.19. The van der Waals surface area contributed by atoms with E-state index in [0.29, 0.717) is 12.1 Å². The van der Waals surface area contributed by atoms with E-state index in [-0.39, 0.29) is 36.2 Å². The molecule has 0 aliphatic heterocycles. The number of halogens is 6. The Kier molecular flexibility index (Phi) is 5.33. The second kappa shape index (κ2) is 6.33. The fourth-order valence-corrected chi connectivity index (χ4v) is 1.64. The van der Waals surface area contributed by atoms with Gasteiger partial charge in [-0.3, -0.25) is 0 Å². The van der Waals surface area contributed by atoms with Gasteiger partial charge in [-0.15, -0.1) is 0 Å². The summed E-state index contributed by atoms with van der Waals surface area (Å²) in [4.78, 5) is 0. The van der Waals surface area contributed by atoms with E-state index in [9.17, 15) is 26.3 Å². The molecule has 0 unspecified atom stereocenters. The molecular formula is C10H9F6NS.